The average Bonchev–Trinajstić information content (AvgIpc) is 2.85. The molecule has 0 spiro atoms. The molecule has 5 heteroatoms. The Balaban J connectivity index is 2.18. The predicted molar refractivity (Wildman–Crippen MR) is 80.1 cm³/mol. The number of hydrogen-bond acceptors (Lipinski definition) is 4. The maximum Gasteiger partial charge on any atom is 0.289 e. The average molecular weight is 287 g/mol. The second-order valence-corrected chi connectivity index (χ2v) is 5.01. The summed E-state index contributed by atoms with van der Waals surface area (Å²) in [5.41, 5.74) is 2.42. The Morgan fingerprint density at radius 3 is 2.62 bits per heavy atom. The van der Waals surface area contributed by atoms with E-state index in [1.165, 1.54) is 0 Å². The molecule has 0 aliphatic carbocycles. The summed E-state index contributed by atoms with van der Waals surface area (Å²) in [5, 5.41) is 2.97. The lowest BCUT2D eigenvalue weighted by atomic mass is 10.1. The van der Waals surface area contributed by atoms with Crippen molar-refractivity contribution >= 4 is 5.91 Å². The van der Waals surface area contributed by atoms with Crippen LogP contribution in [0.5, 0.6) is 0 Å². The van der Waals surface area contributed by atoms with Crippen molar-refractivity contribution in [3.05, 3.63) is 46.9 Å². The highest BCUT2D eigenvalue weighted by atomic mass is 16.4. The summed E-state index contributed by atoms with van der Waals surface area (Å²) in [6, 6.07) is 5.67. The van der Waals surface area contributed by atoms with Gasteiger partial charge in [0.2, 0.25) is 5.76 Å². The number of carbonyl (C=O) groups excluding carboxylic acids is 1. The predicted octanol–water partition coefficient (Wildman–Crippen LogP) is 3.13. The van der Waals surface area contributed by atoms with Gasteiger partial charge in [-0.15, -0.1) is 0 Å². The summed E-state index contributed by atoms with van der Waals surface area (Å²) in [6.45, 7) is 7.67. The summed E-state index contributed by atoms with van der Waals surface area (Å²) >= 11 is 0. The highest BCUT2D eigenvalue weighted by molar-refractivity contribution is 5.92. The van der Waals surface area contributed by atoms with Gasteiger partial charge in [-0.1, -0.05) is 19.9 Å². The first-order valence-corrected chi connectivity index (χ1v) is 7.25. The second-order valence-electron chi connectivity index (χ2n) is 5.01. The van der Waals surface area contributed by atoms with E-state index in [9.17, 15) is 4.79 Å². The third-order valence-electron chi connectivity index (χ3n) is 3.33. The van der Waals surface area contributed by atoms with Crippen LogP contribution in [0.25, 0.3) is 0 Å². The van der Waals surface area contributed by atoms with Gasteiger partial charge in [0, 0.05) is 12.1 Å². The summed E-state index contributed by atoms with van der Waals surface area (Å²) in [5.74, 6) is 0.632. The van der Waals surface area contributed by atoms with E-state index in [1.807, 2.05) is 39.0 Å². The van der Waals surface area contributed by atoms with Crippen LogP contribution in [0, 0.1) is 13.8 Å². The molecule has 1 unspecified atom stereocenters. The molecule has 0 aliphatic rings. The molecule has 0 radical (unpaired) electrons. The Morgan fingerprint density at radius 2 is 2.05 bits per heavy atom. The fourth-order valence-corrected chi connectivity index (χ4v) is 2.18. The molecule has 1 N–H and O–H groups in total. The number of nitrogens with zero attached hydrogens (tertiary/aromatic N) is 2. The van der Waals surface area contributed by atoms with Gasteiger partial charge in [0.25, 0.3) is 5.91 Å². The van der Waals surface area contributed by atoms with E-state index in [1.54, 1.807) is 6.92 Å². The molecular weight excluding hydrogens is 266 g/mol. The number of nitrogens with one attached hydrogen (secondary N) is 1. The number of hydrogen-bond donors (Lipinski definition) is 1. The molecule has 2 aromatic rings. The van der Waals surface area contributed by atoms with Crippen LogP contribution in [-0.2, 0) is 6.42 Å². The molecule has 1 atom stereocenters. The SMILES string of the molecule is CCc1nc(C)c(C(=O)NC(CC)c2cccc(C)n2)o1. The van der Waals surface area contributed by atoms with Gasteiger partial charge in [0.1, 0.15) is 0 Å². The van der Waals surface area contributed by atoms with Crippen LogP contribution in [0.4, 0.5) is 0 Å². The van der Waals surface area contributed by atoms with Gasteiger partial charge in [-0.25, -0.2) is 4.98 Å². The first-order chi connectivity index (χ1) is 10.0. The molecule has 1 amide bonds. The van der Waals surface area contributed by atoms with E-state index in [0.29, 0.717) is 18.0 Å². The molecule has 5 nitrogen and oxygen atoms in total. The lowest BCUT2D eigenvalue weighted by Gasteiger charge is -2.16. The van der Waals surface area contributed by atoms with E-state index in [2.05, 4.69) is 15.3 Å². The number of amides is 1. The van der Waals surface area contributed by atoms with Crippen molar-refractivity contribution in [2.75, 3.05) is 0 Å². The van der Waals surface area contributed by atoms with Crippen molar-refractivity contribution in [3.63, 3.8) is 0 Å². The summed E-state index contributed by atoms with van der Waals surface area (Å²) in [6.07, 6.45) is 1.43. The second kappa shape index (κ2) is 6.52. The quantitative estimate of drug-likeness (QED) is 0.917. The lowest BCUT2D eigenvalue weighted by molar-refractivity contribution is 0.0904. The Hall–Kier alpha value is -2.17. The lowest BCUT2D eigenvalue weighted by Crippen LogP contribution is -2.29. The van der Waals surface area contributed by atoms with Crippen molar-refractivity contribution in [2.24, 2.45) is 0 Å². The topological polar surface area (TPSA) is 68.0 Å². The van der Waals surface area contributed by atoms with Gasteiger partial charge >= 0.3 is 0 Å². The maximum atomic E-state index is 12.3. The smallest absolute Gasteiger partial charge is 0.289 e. The van der Waals surface area contributed by atoms with Crippen LogP contribution in [0.2, 0.25) is 0 Å². The van der Waals surface area contributed by atoms with Crippen LogP contribution in [0.3, 0.4) is 0 Å². The normalized spacial score (nSPS) is 12.2. The standard InChI is InChI=1S/C16H21N3O2/c1-5-12(13-9-7-8-10(3)17-13)19-16(20)15-11(4)18-14(6-2)21-15/h7-9,12H,5-6H2,1-4H3,(H,19,20). The minimum Gasteiger partial charge on any atom is -0.435 e. The van der Waals surface area contributed by atoms with E-state index < -0.39 is 0 Å². The Bertz CT molecular complexity index is 634. The van der Waals surface area contributed by atoms with Crippen LogP contribution in [0.15, 0.2) is 22.6 Å². The third kappa shape index (κ3) is 3.48. The monoisotopic (exact) mass is 287 g/mol. The minimum atomic E-state index is -0.241. The van der Waals surface area contributed by atoms with Gasteiger partial charge < -0.3 is 9.73 Å². The number of rotatable bonds is 5. The number of carbonyl (C=O) groups is 1. The van der Waals surface area contributed by atoms with Crippen LogP contribution in [0.1, 0.15) is 59.8 Å². The van der Waals surface area contributed by atoms with Gasteiger partial charge in [-0.05, 0) is 32.4 Å². The first kappa shape index (κ1) is 15.2. The molecule has 2 heterocycles. The molecule has 0 aliphatic heterocycles. The number of aryl methyl sites for hydroxylation is 3. The molecular formula is C16H21N3O2. The van der Waals surface area contributed by atoms with Crippen LogP contribution in [-0.4, -0.2) is 15.9 Å². The van der Waals surface area contributed by atoms with Crippen molar-refractivity contribution in [2.45, 2.75) is 46.6 Å². The van der Waals surface area contributed by atoms with E-state index >= 15 is 0 Å². The highest BCUT2D eigenvalue weighted by Crippen LogP contribution is 2.17. The van der Waals surface area contributed by atoms with Crippen molar-refractivity contribution in [1.82, 2.24) is 15.3 Å². The van der Waals surface area contributed by atoms with Gasteiger partial charge in [-0.3, -0.25) is 9.78 Å². The van der Waals surface area contributed by atoms with Gasteiger partial charge in [0.05, 0.1) is 17.4 Å². The Labute approximate surface area is 124 Å². The third-order valence-corrected chi connectivity index (χ3v) is 3.33. The van der Waals surface area contributed by atoms with Crippen molar-refractivity contribution in [3.8, 4) is 0 Å². The number of oxazole rings is 1. The van der Waals surface area contributed by atoms with Crippen molar-refractivity contribution < 1.29 is 9.21 Å². The number of pyridine rings is 1. The van der Waals surface area contributed by atoms with Crippen LogP contribution < -0.4 is 5.32 Å². The Kier molecular flexibility index (Phi) is 4.73. The largest absolute Gasteiger partial charge is 0.435 e. The zero-order valence-corrected chi connectivity index (χ0v) is 12.9. The molecule has 2 rings (SSSR count). The van der Waals surface area contributed by atoms with Crippen molar-refractivity contribution in [1.29, 1.82) is 0 Å². The van der Waals surface area contributed by atoms with E-state index in [-0.39, 0.29) is 17.7 Å². The van der Waals surface area contributed by atoms with Gasteiger partial charge in [0.15, 0.2) is 5.89 Å². The summed E-state index contributed by atoms with van der Waals surface area (Å²) < 4.78 is 5.49. The highest BCUT2D eigenvalue weighted by Gasteiger charge is 2.21. The Morgan fingerprint density at radius 1 is 1.29 bits per heavy atom. The van der Waals surface area contributed by atoms with Crippen LogP contribution >= 0.6 is 0 Å². The summed E-state index contributed by atoms with van der Waals surface area (Å²) in [7, 11) is 0. The van der Waals surface area contributed by atoms with E-state index in [0.717, 1.165) is 17.8 Å². The van der Waals surface area contributed by atoms with Gasteiger partial charge in [-0.2, -0.15) is 0 Å². The number of aromatic nitrogens is 2. The molecule has 0 saturated carbocycles. The molecule has 0 fully saturated rings. The molecule has 112 valence electrons. The zero-order chi connectivity index (χ0) is 15.4. The van der Waals surface area contributed by atoms with E-state index in [4.69, 9.17) is 4.42 Å². The minimum absolute atomic E-state index is 0.132. The fraction of sp³-hybridized carbons (Fsp3) is 0.438. The molecule has 0 bridgehead atoms. The molecule has 0 saturated heterocycles. The molecule has 21 heavy (non-hydrogen) atoms. The maximum absolute atomic E-state index is 12.3. The fourth-order valence-electron chi connectivity index (χ4n) is 2.18. The summed E-state index contributed by atoms with van der Waals surface area (Å²) in [4.78, 5) is 21.1. The molecule has 2 aromatic heterocycles. The first-order valence-electron chi connectivity index (χ1n) is 7.25. The molecule has 0 aromatic carbocycles. The zero-order valence-electron chi connectivity index (χ0n) is 12.9.